The highest BCUT2D eigenvalue weighted by molar-refractivity contribution is 7.89. The Morgan fingerprint density at radius 2 is 1.62 bits per heavy atom. The van der Waals surface area contributed by atoms with Gasteiger partial charge in [0.2, 0.25) is 10.0 Å². The summed E-state index contributed by atoms with van der Waals surface area (Å²) in [5.41, 5.74) is 3.42. The van der Waals surface area contributed by atoms with Crippen LogP contribution in [0.3, 0.4) is 0 Å². The number of hydrogen-bond acceptors (Lipinski definition) is 3. The number of nitrogens with zero attached hydrogens (tertiary/aromatic N) is 1. The molecule has 0 aliphatic carbocycles. The molecule has 0 amide bonds. The minimum absolute atomic E-state index is 0.127. The van der Waals surface area contributed by atoms with E-state index in [4.69, 9.17) is 5.14 Å². The second kappa shape index (κ2) is 9.35. The molecule has 7 heteroatoms. The summed E-state index contributed by atoms with van der Waals surface area (Å²) in [6.07, 6.45) is 0.750. The zero-order valence-corrected chi connectivity index (χ0v) is 16.0. The molecule has 0 heterocycles. The van der Waals surface area contributed by atoms with Gasteiger partial charge in [0.15, 0.2) is 5.96 Å². The SMILES string of the molecule is CCNC(=NCc1ccc(C)cc1)NCCc1ccc(S(N)(=O)=O)cc1. The number of aliphatic imine (C=N–C) groups is 1. The summed E-state index contributed by atoms with van der Waals surface area (Å²) in [4.78, 5) is 4.72. The van der Waals surface area contributed by atoms with Gasteiger partial charge in [-0.3, -0.25) is 0 Å². The second-order valence-corrected chi connectivity index (χ2v) is 7.61. The van der Waals surface area contributed by atoms with E-state index in [0.29, 0.717) is 13.1 Å². The van der Waals surface area contributed by atoms with E-state index in [1.54, 1.807) is 12.1 Å². The Hall–Kier alpha value is -2.38. The summed E-state index contributed by atoms with van der Waals surface area (Å²) in [5.74, 6) is 0.759. The predicted molar refractivity (Wildman–Crippen MR) is 106 cm³/mol. The van der Waals surface area contributed by atoms with E-state index in [1.807, 2.05) is 6.92 Å². The molecular weight excluding hydrogens is 348 g/mol. The molecule has 140 valence electrons. The van der Waals surface area contributed by atoms with Gasteiger partial charge in [-0.25, -0.2) is 18.5 Å². The zero-order chi connectivity index (χ0) is 19.0. The molecule has 6 nitrogen and oxygen atoms in total. The first-order valence-corrected chi connectivity index (χ1v) is 10.1. The summed E-state index contributed by atoms with van der Waals surface area (Å²) in [5, 5.41) is 11.6. The lowest BCUT2D eigenvalue weighted by Crippen LogP contribution is -2.38. The molecule has 0 saturated carbocycles. The van der Waals surface area contributed by atoms with Crippen molar-refractivity contribution in [2.45, 2.75) is 31.7 Å². The third kappa shape index (κ3) is 6.50. The van der Waals surface area contributed by atoms with Gasteiger partial charge in [-0.05, 0) is 43.5 Å². The van der Waals surface area contributed by atoms with Crippen molar-refractivity contribution in [1.82, 2.24) is 10.6 Å². The van der Waals surface area contributed by atoms with Gasteiger partial charge in [-0.15, -0.1) is 0 Å². The van der Waals surface area contributed by atoms with Gasteiger partial charge < -0.3 is 10.6 Å². The molecular formula is C19H26N4O2S. The Bertz CT molecular complexity index is 829. The van der Waals surface area contributed by atoms with Crippen molar-refractivity contribution in [3.63, 3.8) is 0 Å². The molecule has 0 spiro atoms. The maximum atomic E-state index is 11.3. The van der Waals surface area contributed by atoms with Crippen molar-refractivity contribution in [1.29, 1.82) is 0 Å². The van der Waals surface area contributed by atoms with Gasteiger partial charge in [0.05, 0.1) is 11.4 Å². The Labute approximate surface area is 155 Å². The van der Waals surface area contributed by atoms with Crippen molar-refractivity contribution < 1.29 is 8.42 Å². The fourth-order valence-electron chi connectivity index (χ4n) is 2.38. The first-order valence-electron chi connectivity index (χ1n) is 8.58. The van der Waals surface area contributed by atoms with E-state index in [9.17, 15) is 8.42 Å². The van der Waals surface area contributed by atoms with Crippen molar-refractivity contribution in [3.8, 4) is 0 Å². The number of primary sulfonamides is 1. The van der Waals surface area contributed by atoms with Gasteiger partial charge in [0.1, 0.15) is 0 Å². The highest BCUT2D eigenvalue weighted by Crippen LogP contribution is 2.09. The minimum atomic E-state index is -3.64. The van der Waals surface area contributed by atoms with Gasteiger partial charge in [0, 0.05) is 13.1 Å². The van der Waals surface area contributed by atoms with Crippen molar-refractivity contribution in [2.24, 2.45) is 10.1 Å². The highest BCUT2D eigenvalue weighted by atomic mass is 32.2. The molecule has 26 heavy (non-hydrogen) atoms. The maximum absolute atomic E-state index is 11.3. The van der Waals surface area contributed by atoms with E-state index in [2.05, 4.69) is 46.8 Å². The fraction of sp³-hybridized carbons (Fsp3) is 0.316. The molecule has 0 fully saturated rings. The Kier molecular flexibility index (Phi) is 7.17. The van der Waals surface area contributed by atoms with Crippen LogP contribution in [0.25, 0.3) is 0 Å². The molecule has 0 aromatic heterocycles. The summed E-state index contributed by atoms with van der Waals surface area (Å²) in [7, 11) is -3.64. The van der Waals surface area contributed by atoms with Crippen molar-refractivity contribution in [2.75, 3.05) is 13.1 Å². The molecule has 2 aromatic carbocycles. The minimum Gasteiger partial charge on any atom is -0.357 e. The number of rotatable bonds is 7. The van der Waals surface area contributed by atoms with Crippen LogP contribution in [0, 0.1) is 6.92 Å². The van der Waals surface area contributed by atoms with Crippen LogP contribution in [0.5, 0.6) is 0 Å². The van der Waals surface area contributed by atoms with E-state index in [-0.39, 0.29) is 4.90 Å². The van der Waals surface area contributed by atoms with Gasteiger partial charge in [-0.2, -0.15) is 0 Å². The van der Waals surface area contributed by atoms with Crippen molar-refractivity contribution in [3.05, 3.63) is 65.2 Å². The molecule has 0 bridgehead atoms. The van der Waals surface area contributed by atoms with Crippen LogP contribution < -0.4 is 15.8 Å². The van der Waals surface area contributed by atoms with E-state index < -0.39 is 10.0 Å². The molecule has 0 unspecified atom stereocenters. The quantitative estimate of drug-likeness (QED) is 0.510. The van der Waals surface area contributed by atoms with Crippen LogP contribution in [-0.4, -0.2) is 27.5 Å². The third-order valence-corrected chi connectivity index (χ3v) is 4.77. The normalized spacial score (nSPS) is 12.0. The first kappa shape index (κ1) is 19.9. The number of guanidine groups is 1. The van der Waals surface area contributed by atoms with Crippen molar-refractivity contribution >= 4 is 16.0 Å². The standard InChI is InChI=1S/C19H26N4O2S/c1-3-21-19(23-14-17-6-4-15(2)5-7-17)22-13-12-16-8-10-18(11-9-16)26(20,24)25/h4-11H,3,12-14H2,1-2H3,(H2,20,24,25)(H2,21,22,23). The average Bonchev–Trinajstić information content (AvgIpc) is 2.61. The number of aryl methyl sites for hydroxylation is 1. The summed E-state index contributed by atoms with van der Waals surface area (Å²) in [6, 6.07) is 14.9. The Balaban J connectivity index is 1.89. The third-order valence-electron chi connectivity index (χ3n) is 3.84. The average molecular weight is 375 g/mol. The molecule has 2 rings (SSSR count). The van der Waals surface area contributed by atoms with Crippen LogP contribution in [0.2, 0.25) is 0 Å². The van der Waals surface area contributed by atoms with Crippen LogP contribution in [-0.2, 0) is 23.0 Å². The maximum Gasteiger partial charge on any atom is 0.238 e. The van der Waals surface area contributed by atoms with Crippen LogP contribution in [0.1, 0.15) is 23.6 Å². The largest absolute Gasteiger partial charge is 0.357 e. The summed E-state index contributed by atoms with van der Waals surface area (Å²) in [6.45, 7) is 6.17. The number of hydrogen-bond donors (Lipinski definition) is 3. The topological polar surface area (TPSA) is 96.6 Å². The predicted octanol–water partition coefficient (Wildman–Crippen LogP) is 1.94. The first-order chi connectivity index (χ1) is 12.4. The number of benzene rings is 2. The lowest BCUT2D eigenvalue weighted by molar-refractivity contribution is 0.598. The highest BCUT2D eigenvalue weighted by Gasteiger charge is 2.06. The number of nitrogens with one attached hydrogen (secondary N) is 2. The van der Waals surface area contributed by atoms with Gasteiger partial charge in [0.25, 0.3) is 0 Å². The van der Waals surface area contributed by atoms with Gasteiger partial charge in [-0.1, -0.05) is 42.0 Å². The van der Waals surface area contributed by atoms with Crippen LogP contribution >= 0.6 is 0 Å². The number of sulfonamides is 1. The molecule has 0 atom stereocenters. The van der Waals surface area contributed by atoms with E-state index >= 15 is 0 Å². The molecule has 2 aromatic rings. The lowest BCUT2D eigenvalue weighted by atomic mass is 10.1. The Morgan fingerprint density at radius 3 is 2.19 bits per heavy atom. The molecule has 0 aliphatic heterocycles. The lowest BCUT2D eigenvalue weighted by Gasteiger charge is -2.11. The van der Waals surface area contributed by atoms with Crippen LogP contribution in [0.4, 0.5) is 0 Å². The second-order valence-electron chi connectivity index (χ2n) is 6.05. The smallest absolute Gasteiger partial charge is 0.238 e. The summed E-state index contributed by atoms with van der Waals surface area (Å²) >= 11 is 0. The molecule has 4 N–H and O–H groups in total. The molecule has 0 radical (unpaired) electrons. The van der Waals surface area contributed by atoms with Crippen LogP contribution in [0.15, 0.2) is 58.4 Å². The monoisotopic (exact) mass is 374 g/mol. The number of nitrogens with two attached hydrogens (primary N) is 1. The van der Waals surface area contributed by atoms with E-state index in [0.717, 1.165) is 30.1 Å². The van der Waals surface area contributed by atoms with Gasteiger partial charge >= 0.3 is 0 Å². The van der Waals surface area contributed by atoms with E-state index in [1.165, 1.54) is 17.7 Å². The fourth-order valence-corrected chi connectivity index (χ4v) is 2.89. The molecule has 0 saturated heterocycles. The summed E-state index contributed by atoms with van der Waals surface area (Å²) < 4.78 is 22.5. The molecule has 0 aliphatic rings. The Morgan fingerprint density at radius 1 is 1.00 bits per heavy atom. The zero-order valence-electron chi connectivity index (χ0n) is 15.2.